The van der Waals surface area contributed by atoms with Gasteiger partial charge in [0.2, 0.25) is 5.91 Å². The van der Waals surface area contributed by atoms with Gasteiger partial charge in [0.15, 0.2) is 5.82 Å². The fraction of sp³-hybridized carbons (Fsp3) is 0.333. The van der Waals surface area contributed by atoms with Gasteiger partial charge in [-0.15, -0.1) is 16.9 Å². The summed E-state index contributed by atoms with van der Waals surface area (Å²) in [4.78, 5) is 14.2. The second-order valence-corrected chi connectivity index (χ2v) is 9.81. The van der Waals surface area contributed by atoms with E-state index in [1.807, 2.05) is 23.1 Å². The molecule has 2 fully saturated rings. The maximum absolute atomic E-state index is 12.4. The van der Waals surface area contributed by atoms with E-state index in [1.54, 1.807) is 16.4 Å². The van der Waals surface area contributed by atoms with E-state index in [1.165, 1.54) is 11.1 Å². The highest BCUT2D eigenvalue weighted by Gasteiger charge is 2.62. The highest BCUT2D eigenvalue weighted by Crippen LogP contribution is 2.56. The lowest BCUT2D eigenvalue weighted by Crippen LogP contribution is -2.65. The third kappa shape index (κ3) is 2.94. The van der Waals surface area contributed by atoms with Crippen molar-refractivity contribution in [3.63, 3.8) is 0 Å². The molecule has 2 aliphatic rings. The average Bonchev–Trinajstić information content (AvgIpc) is 3.28. The molecule has 0 bridgehead atoms. The summed E-state index contributed by atoms with van der Waals surface area (Å²) < 4.78 is 1.59. The normalized spacial score (nSPS) is 25.0. The Morgan fingerprint density at radius 3 is 2.48 bits per heavy atom. The number of tetrazole rings is 1. The molecule has 2 N–H and O–H groups in total. The number of nitrogens with two attached hydrogens (primary N) is 1. The van der Waals surface area contributed by atoms with Crippen LogP contribution in [0.4, 0.5) is 0 Å². The number of thioether (sulfide) groups is 1. The van der Waals surface area contributed by atoms with Crippen LogP contribution in [-0.2, 0) is 11.3 Å². The number of nitrogens with zero attached hydrogens (tertiary/aromatic N) is 5. The molecule has 5 rings (SSSR count). The number of carbonyl (C=O) groups excluding carboxylic acids is 1. The van der Waals surface area contributed by atoms with Gasteiger partial charge in [-0.2, -0.15) is 0 Å². The molecule has 3 atom stereocenters. The second-order valence-electron chi connectivity index (χ2n) is 8.04. The van der Waals surface area contributed by atoms with Gasteiger partial charge in [0.25, 0.3) is 0 Å². The Morgan fingerprint density at radius 2 is 1.76 bits per heavy atom. The summed E-state index contributed by atoms with van der Waals surface area (Å²) in [6, 6.07) is 18.1. The number of rotatable bonds is 4. The zero-order valence-electron chi connectivity index (χ0n) is 16.3. The zero-order chi connectivity index (χ0) is 20.2. The lowest BCUT2D eigenvalue weighted by Gasteiger charge is -2.42. The minimum atomic E-state index is -0.431. The maximum atomic E-state index is 12.4. The molecular weight excluding hydrogens is 384 g/mol. The molecule has 2 aliphatic heterocycles. The second kappa shape index (κ2) is 6.67. The smallest absolute Gasteiger partial charge is 0.244 e. The van der Waals surface area contributed by atoms with Crippen molar-refractivity contribution in [2.75, 3.05) is 0 Å². The number of benzene rings is 2. The topological polar surface area (TPSA) is 89.9 Å². The predicted molar refractivity (Wildman–Crippen MR) is 112 cm³/mol. The molecule has 2 aromatic carbocycles. The fourth-order valence-corrected chi connectivity index (χ4v) is 5.76. The third-order valence-corrected chi connectivity index (χ3v) is 7.27. The van der Waals surface area contributed by atoms with Crippen LogP contribution in [0.15, 0.2) is 54.6 Å². The third-order valence-electron chi connectivity index (χ3n) is 5.68. The van der Waals surface area contributed by atoms with Gasteiger partial charge in [-0.25, -0.2) is 4.68 Å². The van der Waals surface area contributed by atoms with Gasteiger partial charge in [-0.05, 0) is 41.0 Å². The zero-order valence-corrected chi connectivity index (χ0v) is 17.1. The molecule has 3 aromatic rings. The first-order valence-electron chi connectivity index (χ1n) is 9.62. The van der Waals surface area contributed by atoms with Crippen molar-refractivity contribution in [1.29, 1.82) is 0 Å². The molecule has 1 aromatic heterocycles. The number of carbonyl (C=O) groups is 1. The first kappa shape index (κ1) is 18.3. The van der Waals surface area contributed by atoms with Crippen LogP contribution in [0.3, 0.4) is 0 Å². The number of fused-ring (bicyclic) bond motifs is 1. The Hall–Kier alpha value is -2.71. The molecule has 0 saturated carbocycles. The summed E-state index contributed by atoms with van der Waals surface area (Å²) in [5.41, 5.74) is 9.45. The maximum Gasteiger partial charge on any atom is 0.244 e. The minimum Gasteiger partial charge on any atom is -0.317 e. The molecule has 148 valence electrons. The van der Waals surface area contributed by atoms with Crippen LogP contribution in [0.25, 0.3) is 11.1 Å². The Balaban J connectivity index is 1.41. The van der Waals surface area contributed by atoms with E-state index in [9.17, 15) is 4.79 Å². The van der Waals surface area contributed by atoms with Gasteiger partial charge in [0, 0.05) is 4.75 Å². The van der Waals surface area contributed by atoms with Crippen LogP contribution >= 0.6 is 11.8 Å². The minimum absolute atomic E-state index is 0.00203. The quantitative estimate of drug-likeness (QED) is 0.670. The van der Waals surface area contributed by atoms with Crippen molar-refractivity contribution in [3.05, 3.63) is 66.0 Å². The summed E-state index contributed by atoms with van der Waals surface area (Å²) >= 11 is 1.72. The lowest BCUT2D eigenvalue weighted by atomic mass is 9.95. The van der Waals surface area contributed by atoms with Gasteiger partial charge in [-0.1, -0.05) is 54.6 Å². The van der Waals surface area contributed by atoms with E-state index in [0.717, 1.165) is 5.56 Å². The van der Waals surface area contributed by atoms with Gasteiger partial charge in [-0.3, -0.25) is 4.79 Å². The van der Waals surface area contributed by atoms with E-state index in [-0.39, 0.29) is 22.1 Å². The van der Waals surface area contributed by atoms with E-state index in [4.69, 9.17) is 5.73 Å². The average molecular weight is 407 g/mol. The number of hydrogen-bond acceptors (Lipinski definition) is 6. The Labute approximate surface area is 173 Å². The van der Waals surface area contributed by atoms with Crippen LogP contribution in [0.2, 0.25) is 0 Å². The van der Waals surface area contributed by atoms with Crippen molar-refractivity contribution < 1.29 is 4.79 Å². The fourth-order valence-electron chi connectivity index (χ4n) is 4.19. The van der Waals surface area contributed by atoms with E-state index < -0.39 is 6.04 Å². The number of amides is 1. The molecule has 2 saturated heterocycles. The molecular formula is C21H22N6OS. The van der Waals surface area contributed by atoms with Crippen LogP contribution in [0, 0.1) is 0 Å². The first-order valence-corrected chi connectivity index (χ1v) is 10.5. The number of aromatic nitrogens is 4. The van der Waals surface area contributed by atoms with Crippen molar-refractivity contribution >= 4 is 17.7 Å². The van der Waals surface area contributed by atoms with Crippen molar-refractivity contribution in [2.45, 2.75) is 42.6 Å². The van der Waals surface area contributed by atoms with E-state index in [0.29, 0.717) is 12.4 Å². The van der Waals surface area contributed by atoms with Crippen LogP contribution in [-0.4, -0.2) is 47.2 Å². The van der Waals surface area contributed by atoms with Crippen molar-refractivity contribution in [3.8, 4) is 11.1 Å². The molecule has 3 heterocycles. The molecule has 3 unspecified atom stereocenters. The predicted octanol–water partition coefficient (Wildman–Crippen LogP) is 2.45. The monoisotopic (exact) mass is 406 g/mol. The number of β-lactam (4-membered cyclic amide) rings is 1. The lowest BCUT2D eigenvalue weighted by molar-refractivity contribution is -0.147. The van der Waals surface area contributed by atoms with Crippen LogP contribution < -0.4 is 5.73 Å². The molecule has 8 heteroatoms. The summed E-state index contributed by atoms with van der Waals surface area (Å²) in [5.74, 6) is 0.678. The highest BCUT2D eigenvalue weighted by molar-refractivity contribution is 8.01. The van der Waals surface area contributed by atoms with Gasteiger partial charge in [0.05, 0.1) is 6.54 Å². The van der Waals surface area contributed by atoms with Gasteiger partial charge >= 0.3 is 0 Å². The van der Waals surface area contributed by atoms with Gasteiger partial charge in [0.1, 0.15) is 17.5 Å². The van der Waals surface area contributed by atoms with E-state index >= 15 is 0 Å². The van der Waals surface area contributed by atoms with E-state index in [2.05, 4.69) is 65.8 Å². The SMILES string of the molecule is CC1(C)SC2C(N)C(=O)N2C1c1nnnn1Cc1ccc(-c2ccccc2)cc1. The molecule has 1 amide bonds. The Bertz CT molecular complexity index is 1050. The molecule has 0 spiro atoms. The first-order chi connectivity index (χ1) is 14.0. The Kier molecular flexibility index (Phi) is 4.22. The van der Waals surface area contributed by atoms with Gasteiger partial charge < -0.3 is 10.6 Å². The standard InChI is InChI=1S/C21H22N6OS/c1-21(2)17(27-19(28)16(22)20(27)29-21)18-23-24-25-26(18)12-13-8-10-15(11-9-13)14-6-4-3-5-7-14/h3-11,16-17,20H,12,22H2,1-2H3. The summed E-state index contributed by atoms with van der Waals surface area (Å²) in [5, 5.41) is 12.4. The highest BCUT2D eigenvalue weighted by atomic mass is 32.2. The molecule has 7 nitrogen and oxygen atoms in total. The van der Waals surface area contributed by atoms with Crippen molar-refractivity contribution in [2.24, 2.45) is 5.73 Å². The Morgan fingerprint density at radius 1 is 1.07 bits per heavy atom. The molecule has 0 radical (unpaired) electrons. The van der Waals surface area contributed by atoms with Crippen molar-refractivity contribution in [1.82, 2.24) is 25.1 Å². The largest absolute Gasteiger partial charge is 0.317 e. The summed E-state index contributed by atoms with van der Waals surface area (Å²) in [7, 11) is 0. The molecule has 29 heavy (non-hydrogen) atoms. The van der Waals surface area contributed by atoms with Crippen LogP contribution in [0.1, 0.15) is 31.3 Å². The summed E-state index contributed by atoms with van der Waals surface area (Å²) in [6.45, 7) is 4.79. The summed E-state index contributed by atoms with van der Waals surface area (Å²) in [6.07, 6.45) is 0. The number of hydrogen-bond donors (Lipinski definition) is 1. The molecule has 0 aliphatic carbocycles. The van der Waals surface area contributed by atoms with Crippen LogP contribution in [0.5, 0.6) is 0 Å².